The van der Waals surface area contributed by atoms with E-state index in [4.69, 9.17) is 9.15 Å². The fraction of sp³-hybridized carbons (Fsp3) is 0.400. The van der Waals surface area contributed by atoms with E-state index < -0.39 is 11.6 Å². The predicted octanol–water partition coefficient (Wildman–Crippen LogP) is 0.938. The van der Waals surface area contributed by atoms with Crippen molar-refractivity contribution >= 4 is 5.91 Å². The fourth-order valence-electron chi connectivity index (χ4n) is 2.34. The van der Waals surface area contributed by atoms with Gasteiger partial charge in [-0.05, 0) is 37.1 Å². The number of hydrogen-bond acceptors (Lipinski definition) is 5. The van der Waals surface area contributed by atoms with Gasteiger partial charge in [-0.1, -0.05) is 0 Å². The smallest absolute Gasteiger partial charge is 0.388 e. The number of ether oxygens (including phenoxy) is 1. The lowest BCUT2D eigenvalue weighted by Gasteiger charge is -2.10. The molecule has 0 radical (unpaired) electrons. The molecule has 0 spiro atoms. The molecule has 1 fully saturated rings. The minimum Gasteiger partial charge on any atom is -0.388 e. The summed E-state index contributed by atoms with van der Waals surface area (Å²) in [6, 6.07) is 5.37. The molecule has 0 saturated carbocycles. The SMILES string of the molecule is O=C(Cn1nc(-c2ccc(F)cc2)oc1=O)NC[C@@H]1CCCO1. The topological polar surface area (TPSA) is 86.4 Å². The van der Waals surface area contributed by atoms with Crippen LogP contribution in [-0.4, -0.2) is 34.9 Å². The maximum atomic E-state index is 12.9. The van der Waals surface area contributed by atoms with E-state index >= 15 is 0 Å². The first-order chi connectivity index (χ1) is 11.1. The van der Waals surface area contributed by atoms with Gasteiger partial charge in [0.2, 0.25) is 11.8 Å². The highest BCUT2D eigenvalue weighted by Crippen LogP contribution is 2.15. The molecule has 0 bridgehead atoms. The number of carbonyl (C=O) groups is 1. The summed E-state index contributed by atoms with van der Waals surface area (Å²) < 4.78 is 24.2. The van der Waals surface area contributed by atoms with Gasteiger partial charge in [-0.15, -0.1) is 5.10 Å². The average Bonchev–Trinajstić information content (AvgIpc) is 3.17. The van der Waals surface area contributed by atoms with Crippen LogP contribution in [-0.2, 0) is 16.1 Å². The molecular weight excluding hydrogens is 305 g/mol. The first-order valence-corrected chi connectivity index (χ1v) is 7.34. The van der Waals surface area contributed by atoms with E-state index in [0.717, 1.165) is 17.5 Å². The quantitative estimate of drug-likeness (QED) is 0.885. The molecule has 1 aliphatic heterocycles. The zero-order valence-corrected chi connectivity index (χ0v) is 12.3. The normalized spacial score (nSPS) is 17.3. The maximum absolute atomic E-state index is 12.9. The third-order valence-electron chi connectivity index (χ3n) is 3.54. The molecule has 7 nitrogen and oxygen atoms in total. The second-order valence-corrected chi connectivity index (χ2v) is 5.28. The van der Waals surface area contributed by atoms with Crippen LogP contribution in [0, 0.1) is 5.82 Å². The number of nitrogens with zero attached hydrogens (tertiary/aromatic N) is 2. The molecule has 1 aromatic heterocycles. The van der Waals surface area contributed by atoms with Crippen LogP contribution in [0.2, 0.25) is 0 Å². The number of aromatic nitrogens is 2. The van der Waals surface area contributed by atoms with Crippen molar-refractivity contribution < 1.29 is 18.3 Å². The van der Waals surface area contributed by atoms with Crippen molar-refractivity contribution in [2.45, 2.75) is 25.5 Å². The summed E-state index contributed by atoms with van der Waals surface area (Å²) in [7, 11) is 0. The molecule has 1 atom stereocenters. The van der Waals surface area contributed by atoms with E-state index in [2.05, 4.69) is 10.4 Å². The highest BCUT2D eigenvalue weighted by molar-refractivity contribution is 5.75. The van der Waals surface area contributed by atoms with Crippen LogP contribution < -0.4 is 11.1 Å². The lowest BCUT2D eigenvalue weighted by Crippen LogP contribution is -2.36. The number of hydrogen-bond donors (Lipinski definition) is 1. The molecule has 23 heavy (non-hydrogen) atoms. The Kier molecular flexibility index (Phi) is 4.52. The third-order valence-corrected chi connectivity index (χ3v) is 3.54. The number of amides is 1. The summed E-state index contributed by atoms with van der Waals surface area (Å²) in [5.74, 6) is -1.44. The van der Waals surface area contributed by atoms with E-state index in [1.165, 1.54) is 24.3 Å². The minimum atomic E-state index is -0.739. The second kappa shape index (κ2) is 6.74. The molecule has 3 rings (SSSR count). The predicted molar refractivity (Wildman–Crippen MR) is 78.1 cm³/mol. The molecule has 1 amide bonds. The number of halogens is 1. The summed E-state index contributed by atoms with van der Waals surface area (Å²) in [4.78, 5) is 23.6. The summed E-state index contributed by atoms with van der Waals surface area (Å²) >= 11 is 0. The van der Waals surface area contributed by atoms with Gasteiger partial charge in [-0.25, -0.2) is 9.18 Å². The van der Waals surface area contributed by atoms with Crippen molar-refractivity contribution in [3.8, 4) is 11.5 Å². The molecule has 0 unspecified atom stereocenters. The summed E-state index contributed by atoms with van der Waals surface area (Å²) in [6.07, 6.45) is 1.94. The van der Waals surface area contributed by atoms with Crippen molar-refractivity contribution in [1.29, 1.82) is 0 Å². The molecule has 1 saturated heterocycles. The number of benzene rings is 1. The van der Waals surface area contributed by atoms with Gasteiger partial charge in [0.1, 0.15) is 12.4 Å². The van der Waals surface area contributed by atoms with Crippen molar-refractivity contribution in [3.63, 3.8) is 0 Å². The Hall–Kier alpha value is -2.48. The first kappa shape index (κ1) is 15.4. The largest absolute Gasteiger partial charge is 0.437 e. The molecule has 0 aliphatic carbocycles. The molecule has 2 heterocycles. The molecule has 8 heteroatoms. The number of nitrogens with one attached hydrogen (secondary N) is 1. The van der Waals surface area contributed by atoms with Crippen LogP contribution in [0.3, 0.4) is 0 Å². The van der Waals surface area contributed by atoms with E-state index in [0.29, 0.717) is 18.7 Å². The summed E-state index contributed by atoms with van der Waals surface area (Å²) in [5, 5.41) is 6.65. The van der Waals surface area contributed by atoms with Crippen LogP contribution in [0.15, 0.2) is 33.5 Å². The number of rotatable bonds is 5. The van der Waals surface area contributed by atoms with Crippen molar-refractivity contribution in [3.05, 3.63) is 40.6 Å². The van der Waals surface area contributed by atoms with Gasteiger partial charge >= 0.3 is 5.76 Å². The van der Waals surface area contributed by atoms with Gasteiger partial charge < -0.3 is 14.5 Å². The van der Waals surface area contributed by atoms with Crippen LogP contribution >= 0.6 is 0 Å². The van der Waals surface area contributed by atoms with Crippen LogP contribution in [0.5, 0.6) is 0 Å². The van der Waals surface area contributed by atoms with Crippen molar-refractivity contribution in [2.75, 3.05) is 13.2 Å². The van der Waals surface area contributed by atoms with Crippen LogP contribution in [0.25, 0.3) is 11.5 Å². The average molecular weight is 321 g/mol. The highest BCUT2D eigenvalue weighted by atomic mass is 19.1. The van der Waals surface area contributed by atoms with Gasteiger partial charge in [0, 0.05) is 18.7 Å². The lowest BCUT2D eigenvalue weighted by molar-refractivity contribution is -0.122. The Bertz CT molecular complexity index is 732. The summed E-state index contributed by atoms with van der Waals surface area (Å²) in [6.45, 7) is 0.886. The van der Waals surface area contributed by atoms with Gasteiger partial charge in [0.25, 0.3) is 0 Å². The van der Waals surface area contributed by atoms with Gasteiger partial charge in [0.05, 0.1) is 6.10 Å². The number of carbonyl (C=O) groups excluding carboxylic acids is 1. The molecule has 1 aromatic carbocycles. The third kappa shape index (κ3) is 3.84. The van der Waals surface area contributed by atoms with Crippen LogP contribution in [0.1, 0.15) is 12.8 Å². The van der Waals surface area contributed by atoms with E-state index in [1.807, 2.05) is 0 Å². The molecule has 1 N–H and O–H groups in total. The zero-order valence-electron chi connectivity index (χ0n) is 12.3. The Morgan fingerprint density at radius 1 is 1.39 bits per heavy atom. The maximum Gasteiger partial charge on any atom is 0.437 e. The Morgan fingerprint density at radius 3 is 2.87 bits per heavy atom. The fourth-order valence-corrected chi connectivity index (χ4v) is 2.34. The molecular formula is C15H16FN3O4. The molecule has 1 aliphatic rings. The standard InChI is InChI=1S/C15H16FN3O4/c16-11-5-3-10(4-6-11)14-18-19(15(21)23-14)9-13(20)17-8-12-2-1-7-22-12/h3-6,12H,1-2,7-9H2,(H,17,20)/t12-/m0/s1. The lowest BCUT2D eigenvalue weighted by atomic mass is 10.2. The highest BCUT2D eigenvalue weighted by Gasteiger charge is 2.17. The Morgan fingerprint density at radius 2 is 2.17 bits per heavy atom. The van der Waals surface area contributed by atoms with Crippen molar-refractivity contribution in [2.24, 2.45) is 0 Å². The van der Waals surface area contributed by atoms with Gasteiger partial charge in [-0.3, -0.25) is 4.79 Å². The van der Waals surface area contributed by atoms with Gasteiger partial charge in [-0.2, -0.15) is 4.68 Å². The van der Waals surface area contributed by atoms with Gasteiger partial charge in [0.15, 0.2) is 0 Å². The minimum absolute atomic E-state index is 0.0303. The monoisotopic (exact) mass is 321 g/mol. The van der Waals surface area contributed by atoms with E-state index in [-0.39, 0.29) is 24.4 Å². The first-order valence-electron chi connectivity index (χ1n) is 7.34. The van der Waals surface area contributed by atoms with E-state index in [1.54, 1.807) is 0 Å². The van der Waals surface area contributed by atoms with Crippen molar-refractivity contribution in [1.82, 2.24) is 15.1 Å². The Labute approximate surface area is 131 Å². The molecule has 2 aromatic rings. The molecule has 122 valence electrons. The zero-order chi connectivity index (χ0) is 16.2. The van der Waals surface area contributed by atoms with Crippen LogP contribution in [0.4, 0.5) is 4.39 Å². The second-order valence-electron chi connectivity index (χ2n) is 5.28. The Balaban J connectivity index is 1.62. The summed E-state index contributed by atoms with van der Waals surface area (Å²) in [5.41, 5.74) is 0.460. The van der Waals surface area contributed by atoms with E-state index in [9.17, 15) is 14.0 Å².